The van der Waals surface area contributed by atoms with Crippen LogP contribution in [0.4, 0.5) is 0 Å². The summed E-state index contributed by atoms with van der Waals surface area (Å²) in [5, 5.41) is 1.70. The van der Waals surface area contributed by atoms with Crippen LogP contribution in [0.15, 0.2) is 48.6 Å². The first-order valence-corrected chi connectivity index (χ1v) is 13.2. The van der Waals surface area contributed by atoms with Crippen molar-refractivity contribution in [3.8, 4) is 11.5 Å². The lowest BCUT2D eigenvalue weighted by molar-refractivity contribution is -0.130. The van der Waals surface area contributed by atoms with Crippen molar-refractivity contribution >= 4 is 58.3 Å². The van der Waals surface area contributed by atoms with Crippen LogP contribution in [0.3, 0.4) is 0 Å². The van der Waals surface area contributed by atoms with Crippen LogP contribution in [0.2, 0.25) is 20.1 Å². The van der Waals surface area contributed by atoms with E-state index >= 15 is 0 Å². The van der Waals surface area contributed by atoms with Gasteiger partial charge in [0.15, 0.2) is 0 Å². The van der Waals surface area contributed by atoms with Gasteiger partial charge in [0.2, 0.25) is 0 Å². The van der Waals surface area contributed by atoms with Gasteiger partial charge in [0, 0.05) is 21.2 Å². The highest BCUT2D eigenvalue weighted by molar-refractivity contribution is 6.36. The molecule has 8 heteroatoms. The molecule has 4 nitrogen and oxygen atoms in total. The van der Waals surface area contributed by atoms with Crippen LogP contribution >= 0.6 is 46.4 Å². The molecule has 0 aliphatic heterocycles. The van der Waals surface area contributed by atoms with Crippen molar-refractivity contribution in [1.82, 2.24) is 0 Å². The number of carbonyl (C=O) groups is 2. The Labute approximate surface area is 233 Å². The van der Waals surface area contributed by atoms with E-state index in [0.717, 1.165) is 62.5 Å². The molecule has 0 atom stereocenters. The summed E-state index contributed by atoms with van der Waals surface area (Å²) >= 11 is 25.0. The summed E-state index contributed by atoms with van der Waals surface area (Å²) in [5.41, 5.74) is 2.39. The first-order chi connectivity index (χ1) is 17.0. The summed E-state index contributed by atoms with van der Waals surface area (Å²) in [5.74, 6) is -0.451. The summed E-state index contributed by atoms with van der Waals surface area (Å²) in [6.07, 6.45) is 7.69. The third-order valence-corrected chi connectivity index (χ3v) is 6.74. The SMILES string of the molecule is C=C(C)C(=O)Oc1cc(CCCCCCCCc2cc(OC(=O)C(=C)C)c(Cl)cc2Cl)c(Cl)cc1Cl. The summed E-state index contributed by atoms with van der Waals surface area (Å²) in [7, 11) is 0. The number of aryl methyl sites for hydroxylation is 2. The van der Waals surface area contributed by atoms with E-state index in [2.05, 4.69) is 13.2 Å². The predicted octanol–water partition coefficient (Wildman–Crippen LogP) is 9.39. The Hall–Kier alpha value is -1.98. The lowest BCUT2D eigenvalue weighted by Crippen LogP contribution is -2.09. The van der Waals surface area contributed by atoms with E-state index in [1.54, 1.807) is 38.1 Å². The minimum atomic E-state index is -0.519. The zero-order valence-electron chi connectivity index (χ0n) is 20.5. The molecule has 0 amide bonds. The van der Waals surface area contributed by atoms with Crippen molar-refractivity contribution in [2.45, 2.75) is 65.2 Å². The molecule has 0 spiro atoms. The van der Waals surface area contributed by atoms with Crippen LogP contribution < -0.4 is 9.47 Å². The number of unbranched alkanes of at least 4 members (excludes halogenated alkanes) is 5. The first kappa shape index (κ1) is 30.2. The Morgan fingerprint density at radius 1 is 0.611 bits per heavy atom. The fourth-order valence-electron chi connectivity index (χ4n) is 3.39. The van der Waals surface area contributed by atoms with E-state index in [1.165, 1.54) is 0 Å². The number of halogens is 4. The van der Waals surface area contributed by atoms with Crippen LogP contribution in [-0.4, -0.2) is 11.9 Å². The molecular weight excluding hydrogens is 542 g/mol. The molecule has 0 heterocycles. The van der Waals surface area contributed by atoms with Gasteiger partial charge >= 0.3 is 11.9 Å². The molecule has 0 aliphatic carbocycles. The molecule has 0 unspecified atom stereocenters. The molecule has 0 aromatic heterocycles. The van der Waals surface area contributed by atoms with Crippen LogP contribution in [0.1, 0.15) is 63.5 Å². The van der Waals surface area contributed by atoms with Gasteiger partial charge in [-0.05, 0) is 74.9 Å². The van der Waals surface area contributed by atoms with Crippen LogP contribution in [0, 0.1) is 0 Å². The molecule has 0 aliphatic rings. The van der Waals surface area contributed by atoms with Crippen LogP contribution in [-0.2, 0) is 22.4 Å². The Morgan fingerprint density at radius 2 is 0.944 bits per heavy atom. The largest absolute Gasteiger partial charge is 0.422 e. The number of carbonyl (C=O) groups excluding carboxylic acids is 2. The van der Waals surface area contributed by atoms with Gasteiger partial charge in [-0.1, -0.05) is 85.2 Å². The first-order valence-electron chi connectivity index (χ1n) is 11.7. The molecule has 2 aromatic rings. The molecule has 0 bridgehead atoms. The molecule has 36 heavy (non-hydrogen) atoms. The molecular formula is C28H30Cl4O4. The quantitative estimate of drug-likeness (QED) is 0.104. The minimum absolute atomic E-state index is 0.292. The maximum Gasteiger partial charge on any atom is 0.338 e. The number of ether oxygens (including phenoxy) is 2. The summed E-state index contributed by atoms with van der Waals surface area (Å²) in [6, 6.07) is 6.66. The highest BCUT2D eigenvalue weighted by Crippen LogP contribution is 2.34. The Morgan fingerprint density at radius 3 is 1.28 bits per heavy atom. The second kappa shape index (κ2) is 14.7. The monoisotopic (exact) mass is 570 g/mol. The molecule has 2 rings (SSSR count). The van der Waals surface area contributed by atoms with Crippen molar-refractivity contribution in [2.24, 2.45) is 0 Å². The highest BCUT2D eigenvalue weighted by Gasteiger charge is 2.14. The summed E-state index contributed by atoms with van der Waals surface area (Å²) in [4.78, 5) is 23.6. The maximum absolute atomic E-state index is 11.8. The van der Waals surface area contributed by atoms with E-state index in [4.69, 9.17) is 55.9 Å². The Kier molecular flexibility index (Phi) is 12.3. The van der Waals surface area contributed by atoms with Gasteiger partial charge in [0.05, 0.1) is 10.0 Å². The topological polar surface area (TPSA) is 52.6 Å². The Balaban J connectivity index is 1.76. The van der Waals surface area contributed by atoms with E-state index < -0.39 is 11.9 Å². The second-order valence-corrected chi connectivity index (χ2v) is 10.3. The van der Waals surface area contributed by atoms with E-state index in [0.29, 0.717) is 42.7 Å². The smallest absolute Gasteiger partial charge is 0.338 e. The second-order valence-electron chi connectivity index (χ2n) is 8.71. The van der Waals surface area contributed by atoms with Gasteiger partial charge in [-0.3, -0.25) is 0 Å². The molecule has 0 saturated carbocycles. The molecule has 0 N–H and O–H groups in total. The standard InChI is InChI=1S/C28H30Cl4O4/c1-17(2)27(33)35-25-13-19(21(29)15-23(25)31)11-9-7-5-6-8-10-12-20-14-26(24(32)16-22(20)30)36-28(34)18(3)4/h13-16H,1,3,5-12H2,2,4H3. The van der Waals surface area contributed by atoms with Gasteiger partial charge in [-0.15, -0.1) is 0 Å². The van der Waals surface area contributed by atoms with E-state index in [1.807, 2.05) is 0 Å². The van der Waals surface area contributed by atoms with Gasteiger partial charge in [0.25, 0.3) is 0 Å². The third kappa shape index (κ3) is 9.48. The number of hydrogen-bond acceptors (Lipinski definition) is 4. The number of hydrogen-bond donors (Lipinski definition) is 0. The minimum Gasteiger partial charge on any atom is -0.422 e. The van der Waals surface area contributed by atoms with Crippen molar-refractivity contribution in [1.29, 1.82) is 0 Å². The van der Waals surface area contributed by atoms with Gasteiger partial charge in [-0.2, -0.15) is 0 Å². The number of esters is 2. The van der Waals surface area contributed by atoms with Gasteiger partial charge < -0.3 is 9.47 Å². The van der Waals surface area contributed by atoms with E-state index in [-0.39, 0.29) is 0 Å². The molecule has 0 fully saturated rings. The zero-order valence-corrected chi connectivity index (χ0v) is 23.5. The average molecular weight is 572 g/mol. The average Bonchev–Trinajstić information content (AvgIpc) is 2.80. The molecule has 0 radical (unpaired) electrons. The van der Waals surface area contributed by atoms with Crippen LogP contribution in [0.25, 0.3) is 0 Å². The highest BCUT2D eigenvalue weighted by atomic mass is 35.5. The Bertz CT molecular complexity index is 1050. The molecule has 0 saturated heterocycles. The lowest BCUT2D eigenvalue weighted by Gasteiger charge is -2.11. The number of rotatable bonds is 13. The third-order valence-electron chi connectivity index (χ3n) is 5.45. The van der Waals surface area contributed by atoms with E-state index in [9.17, 15) is 9.59 Å². The number of benzene rings is 2. The summed E-state index contributed by atoms with van der Waals surface area (Å²) in [6.45, 7) is 10.3. The van der Waals surface area contributed by atoms with Gasteiger partial charge in [0.1, 0.15) is 11.5 Å². The maximum atomic E-state index is 11.8. The van der Waals surface area contributed by atoms with Crippen molar-refractivity contribution < 1.29 is 19.1 Å². The van der Waals surface area contributed by atoms with Crippen molar-refractivity contribution in [2.75, 3.05) is 0 Å². The molecule has 2 aromatic carbocycles. The van der Waals surface area contributed by atoms with Crippen molar-refractivity contribution in [3.05, 3.63) is 79.8 Å². The predicted molar refractivity (Wildman–Crippen MR) is 149 cm³/mol. The van der Waals surface area contributed by atoms with Crippen molar-refractivity contribution in [3.63, 3.8) is 0 Å². The fraction of sp³-hybridized carbons (Fsp3) is 0.357. The molecule has 194 valence electrons. The van der Waals surface area contributed by atoms with Crippen LogP contribution in [0.5, 0.6) is 11.5 Å². The fourth-order valence-corrected chi connectivity index (χ4v) is 4.43. The summed E-state index contributed by atoms with van der Waals surface area (Å²) < 4.78 is 10.6. The normalized spacial score (nSPS) is 10.7. The van der Waals surface area contributed by atoms with Gasteiger partial charge in [-0.25, -0.2) is 9.59 Å². The lowest BCUT2D eigenvalue weighted by atomic mass is 10.0. The zero-order chi connectivity index (χ0) is 26.8.